The number of pyridine rings is 1. The molecule has 0 amide bonds. The third-order valence-electron chi connectivity index (χ3n) is 4.34. The van der Waals surface area contributed by atoms with Gasteiger partial charge in [0.05, 0.1) is 18.0 Å². The van der Waals surface area contributed by atoms with Gasteiger partial charge in [0.25, 0.3) is 5.56 Å². The number of fused-ring (bicyclic) bond motifs is 1. The van der Waals surface area contributed by atoms with E-state index in [1.807, 2.05) is 12.1 Å². The molecule has 0 saturated carbocycles. The molecule has 0 saturated heterocycles. The maximum Gasteiger partial charge on any atom is 0.267 e. The number of para-hydroxylation sites is 2. The lowest BCUT2D eigenvalue weighted by Gasteiger charge is -2.10. The number of hydrogen-bond donors (Lipinski definition) is 1. The first-order chi connectivity index (χ1) is 13.7. The second kappa shape index (κ2) is 7.36. The summed E-state index contributed by atoms with van der Waals surface area (Å²) < 4.78 is 6.60. The quantitative estimate of drug-likeness (QED) is 0.592. The van der Waals surface area contributed by atoms with Crippen LogP contribution in [-0.2, 0) is 0 Å². The van der Waals surface area contributed by atoms with Crippen molar-refractivity contribution in [2.45, 2.75) is 0 Å². The molecule has 4 aromatic rings. The summed E-state index contributed by atoms with van der Waals surface area (Å²) in [5.41, 5.74) is 0.933. The molecule has 0 unspecified atom stereocenters. The Kier molecular flexibility index (Phi) is 4.60. The molecule has 0 atom stereocenters. The van der Waals surface area contributed by atoms with Crippen molar-refractivity contribution in [2.75, 3.05) is 7.11 Å². The van der Waals surface area contributed by atoms with Gasteiger partial charge in [-0.3, -0.25) is 4.79 Å². The Morgan fingerprint density at radius 2 is 1.82 bits per heavy atom. The summed E-state index contributed by atoms with van der Waals surface area (Å²) in [5, 5.41) is 10.8. The van der Waals surface area contributed by atoms with E-state index in [-0.39, 0.29) is 11.3 Å². The third-order valence-corrected chi connectivity index (χ3v) is 4.34. The highest BCUT2D eigenvalue weighted by Crippen LogP contribution is 2.30. The van der Waals surface area contributed by atoms with Crippen LogP contribution in [0.2, 0.25) is 0 Å². The molecule has 6 heteroatoms. The van der Waals surface area contributed by atoms with E-state index in [1.165, 1.54) is 11.7 Å². The van der Waals surface area contributed by atoms with Crippen molar-refractivity contribution in [1.29, 1.82) is 0 Å². The Morgan fingerprint density at radius 1 is 1.00 bits per heavy atom. The van der Waals surface area contributed by atoms with Crippen molar-refractivity contribution < 1.29 is 9.84 Å². The molecule has 2 heterocycles. The molecule has 0 aliphatic carbocycles. The van der Waals surface area contributed by atoms with Crippen LogP contribution in [0.25, 0.3) is 28.9 Å². The lowest BCUT2D eigenvalue weighted by molar-refractivity contribution is 0.373. The molecule has 138 valence electrons. The van der Waals surface area contributed by atoms with E-state index in [2.05, 4.69) is 9.97 Å². The van der Waals surface area contributed by atoms with Crippen LogP contribution in [0.15, 0.2) is 71.7 Å². The Hall–Kier alpha value is -3.93. The molecule has 0 aliphatic rings. The molecule has 28 heavy (non-hydrogen) atoms. The fourth-order valence-electron chi connectivity index (χ4n) is 2.97. The molecular formula is C22H17N3O3. The topological polar surface area (TPSA) is 77.2 Å². The lowest BCUT2D eigenvalue weighted by Crippen LogP contribution is -2.23. The van der Waals surface area contributed by atoms with Gasteiger partial charge in [0.1, 0.15) is 11.6 Å². The number of rotatable bonds is 4. The van der Waals surface area contributed by atoms with E-state index in [1.54, 1.807) is 66.9 Å². The zero-order valence-corrected chi connectivity index (χ0v) is 15.1. The number of methoxy groups -OCH3 is 1. The average Bonchev–Trinajstić information content (AvgIpc) is 2.74. The van der Waals surface area contributed by atoms with Crippen LogP contribution in [-0.4, -0.2) is 26.8 Å². The fraction of sp³-hybridized carbons (Fsp3) is 0.0455. The minimum absolute atomic E-state index is 0.0220. The predicted octanol–water partition coefficient (Wildman–Crippen LogP) is 3.67. The van der Waals surface area contributed by atoms with E-state index >= 15 is 0 Å². The first-order valence-electron chi connectivity index (χ1n) is 8.66. The van der Waals surface area contributed by atoms with Crippen LogP contribution in [0.5, 0.6) is 11.5 Å². The maximum atomic E-state index is 13.1. The van der Waals surface area contributed by atoms with Crippen LogP contribution >= 0.6 is 0 Å². The first kappa shape index (κ1) is 17.5. The summed E-state index contributed by atoms with van der Waals surface area (Å²) in [5.74, 6) is 1.27. The molecule has 6 nitrogen and oxygen atoms in total. The highest BCUT2D eigenvalue weighted by molar-refractivity contribution is 5.80. The molecule has 1 N–H and O–H groups in total. The second-order valence-electron chi connectivity index (χ2n) is 6.05. The SMILES string of the molecule is COc1cccc(C=Cc2nc3ccccc3c(=O)n2-c2ccccn2)c1O. The van der Waals surface area contributed by atoms with Crippen molar-refractivity contribution in [2.24, 2.45) is 0 Å². The summed E-state index contributed by atoms with van der Waals surface area (Å²) in [6, 6.07) is 17.7. The van der Waals surface area contributed by atoms with Crippen LogP contribution < -0.4 is 10.3 Å². The summed E-state index contributed by atoms with van der Waals surface area (Å²) >= 11 is 0. The molecule has 0 spiro atoms. The Balaban J connectivity index is 1.92. The van der Waals surface area contributed by atoms with E-state index in [0.29, 0.717) is 33.9 Å². The lowest BCUT2D eigenvalue weighted by atomic mass is 10.1. The van der Waals surface area contributed by atoms with Gasteiger partial charge in [-0.2, -0.15) is 0 Å². The summed E-state index contributed by atoms with van der Waals surface area (Å²) in [6.07, 6.45) is 4.99. The normalized spacial score (nSPS) is 11.2. The Bertz CT molecular complexity index is 1230. The van der Waals surface area contributed by atoms with Gasteiger partial charge in [0.15, 0.2) is 11.5 Å². The van der Waals surface area contributed by atoms with Crippen molar-refractivity contribution in [3.8, 4) is 17.3 Å². The van der Waals surface area contributed by atoms with Gasteiger partial charge in [0.2, 0.25) is 0 Å². The van der Waals surface area contributed by atoms with Gasteiger partial charge in [-0.25, -0.2) is 14.5 Å². The standard InChI is InChI=1S/C22H17N3O3/c1-28-18-10-6-7-15(21(18)26)12-13-20-24-17-9-3-2-8-16(17)22(27)25(20)19-11-4-5-14-23-19/h2-14,26H,1H3. The molecule has 2 aromatic heterocycles. The van der Waals surface area contributed by atoms with E-state index < -0.39 is 0 Å². The highest BCUT2D eigenvalue weighted by Gasteiger charge is 2.12. The van der Waals surface area contributed by atoms with E-state index in [4.69, 9.17) is 4.74 Å². The van der Waals surface area contributed by atoms with Gasteiger partial charge in [-0.05, 0) is 42.5 Å². The monoisotopic (exact) mass is 371 g/mol. The molecule has 4 rings (SSSR count). The van der Waals surface area contributed by atoms with Crippen molar-refractivity contribution >= 4 is 23.1 Å². The Morgan fingerprint density at radius 3 is 2.61 bits per heavy atom. The number of aromatic nitrogens is 3. The van der Waals surface area contributed by atoms with Crippen LogP contribution in [0.4, 0.5) is 0 Å². The zero-order chi connectivity index (χ0) is 19.5. The number of benzene rings is 2. The number of phenols is 1. The largest absolute Gasteiger partial charge is 0.504 e. The third kappa shape index (κ3) is 3.12. The van der Waals surface area contributed by atoms with Crippen LogP contribution in [0, 0.1) is 0 Å². The number of ether oxygens (including phenoxy) is 1. The molecule has 0 radical (unpaired) electrons. The number of phenolic OH excluding ortho intramolecular Hbond substituents is 1. The minimum atomic E-state index is -0.209. The van der Waals surface area contributed by atoms with Crippen molar-refractivity contribution in [1.82, 2.24) is 14.5 Å². The number of nitrogens with zero attached hydrogens (tertiary/aromatic N) is 3. The average molecular weight is 371 g/mol. The zero-order valence-electron chi connectivity index (χ0n) is 15.1. The van der Waals surface area contributed by atoms with Gasteiger partial charge in [-0.15, -0.1) is 0 Å². The van der Waals surface area contributed by atoms with Gasteiger partial charge >= 0.3 is 0 Å². The summed E-state index contributed by atoms with van der Waals surface area (Å²) in [6.45, 7) is 0. The fourth-order valence-corrected chi connectivity index (χ4v) is 2.97. The van der Waals surface area contributed by atoms with Gasteiger partial charge < -0.3 is 9.84 Å². The molecule has 0 fully saturated rings. The van der Waals surface area contributed by atoms with Crippen molar-refractivity contribution in [3.05, 3.63) is 88.6 Å². The van der Waals surface area contributed by atoms with Gasteiger partial charge in [0, 0.05) is 11.8 Å². The Labute approximate surface area is 161 Å². The van der Waals surface area contributed by atoms with Crippen LogP contribution in [0.3, 0.4) is 0 Å². The van der Waals surface area contributed by atoms with Crippen molar-refractivity contribution in [3.63, 3.8) is 0 Å². The first-order valence-corrected chi connectivity index (χ1v) is 8.66. The predicted molar refractivity (Wildman–Crippen MR) is 109 cm³/mol. The number of aromatic hydroxyl groups is 1. The maximum absolute atomic E-state index is 13.1. The molecular weight excluding hydrogens is 354 g/mol. The smallest absolute Gasteiger partial charge is 0.267 e. The van der Waals surface area contributed by atoms with E-state index in [0.717, 1.165) is 0 Å². The van der Waals surface area contributed by atoms with E-state index in [9.17, 15) is 9.90 Å². The summed E-state index contributed by atoms with van der Waals surface area (Å²) in [4.78, 5) is 22.0. The number of hydrogen-bond acceptors (Lipinski definition) is 5. The highest BCUT2D eigenvalue weighted by atomic mass is 16.5. The van der Waals surface area contributed by atoms with Crippen LogP contribution in [0.1, 0.15) is 11.4 Å². The van der Waals surface area contributed by atoms with Gasteiger partial charge in [-0.1, -0.05) is 30.3 Å². The molecule has 0 bridgehead atoms. The second-order valence-corrected chi connectivity index (χ2v) is 6.05. The minimum Gasteiger partial charge on any atom is -0.504 e. The molecule has 0 aliphatic heterocycles. The summed E-state index contributed by atoms with van der Waals surface area (Å²) in [7, 11) is 1.49. The molecule has 2 aromatic carbocycles.